The van der Waals surface area contributed by atoms with Crippen LogP contribution in [0.2, 0.25) is 0 Å². The van der Waals surface area contributed by atoms with Crippen LogP contribution in [0.25, 0.3) is 0 Å². The molecule has 0 radical (unpaired) electrons. The molecule has 1 rings (SSSR count). The summed E-state index contributed by atoms with van der Waals surface area (Å²) in [6, 6.07) is 5.16. The maximum absolute atomic E-state index is 11.5. The number of nitrogens with one attached hydrogen (secondary N) is 1. The highest BCUT2D eigenvalue weighted by atomic mass is 31.1. The molecule has 0 fully saturated rings. The minimum Gasteiger partial charge on any atom is -0.277 e. The van der Waals surface area contributed by atoms with Crippen LogP contribution in [0.1, 0.15) is 30.9 Å². The molecule has 1 atom stereocenters. The number of hydrogen-bond donors (Lipinski definition) is 2. The standard InChI is InChI=1S/C12H16NO4P/c1-8(2)9-5-4-6-11(18(15)16)10(9)7-12(14)13-17-3/h4-6,8H,7H2,1-3H3,(H-,13,14,15,16)/p+1. The molecule has 0 aliphatic carbocycles. The minimum absolute atomic E-state index is 0.0269. The smallest absolute Gasteiger partial charge is 0.277 e. The fraction of sp³-hybridized carbons (Fsp3) is 0.417. The van der Waals surface area contributed by atoms with Crippen molar-refractivity contribution in [1.82, 2.24) is 5.48 Å². The third-order valence-electron chi connectivity index (χ3n) is 2.57. The average Bonchev–Trinajstić information content (AvgIpc) is 2.28. The van der Waals surface area contributed by atoms with Crippen molar-refractivity contribution in [3.63, 3.8) is 0 Å². The molecule has 0 spiro atoms. The van der Waals surface area contributed by atoms with E-state index < -0.39 is 8.03 Å². The van der Waals surface area contributed by atoms with Gasteiger partial charge in [0.05, 0.1) is 13.5 Å². The lowest BCUT2D eigenvalue weighted by Gasteiger charge is -2.11. The van der Waals surface area contributed by atoms with Crippen LogP contribution in [-0.4, -0.2) is 17.9 Å². The van der Waals surface area contributed by atoms with E-state index in [0.29, 0.717) is 10.9 Å². The van der Waals surface area contributed by atoms with Crippen LogP contribution in [0.3, 0.4) is 0 Å². The summed E-state index contributed by atoms with van der Waals surface area (Å²) < 4.78 is 11.3. The lowest BCUT2D eigenvalue weighted by atomic mass is 9.95. The van der Waals surface area contributed by atoms with Crippen LogP contribution >= 0.6 is 8.03 Å². The van der Waals surface area contributed by atoms with Crippen molar-refractivity contribution in [1.29, 1.82) is 0 Å². The van der Waals surface area contributed by atoms with E-state index in [1.807, 2.05) is 19.9 Å². The molecule has 0 aliphatic heterocycles. The van der Waals surface area contributed by atoms with Gasteiger partial charge in [-0.05, 0) is 22.1 Å². The van der Waals surface area contributed by atoms with Gasteiger partial charge in [0.15, 0.2) is 0 Å². The first kappa shape index (κ1) is 14.8. The Bertz CT molecular complexity index is 459. The molecule has 0 heterocycles. The summed E-state index contributed by atoms with van der Waals surface area (Å²) in [5.41, 5.74) is 3.71. The highest BCUT2D eigenvalue weighted by Gasteiger charge is 2.26. The van der Waals surface area contributed by atoms with E-state index in [9.17, 15) is 14.3 Å². The van der Waals surface area contributed by atoms with Crippen molar-refractivity contribution in [2.45, 2.75) is 26.2 Å². The molecule has 1 aromatic rings. The number of benzene rings is 1. The molecule has 18 heavy (non-hydrogen) atoms. The summed E-state index contributed by atoms with van der Waals surface area (Å²) in [6.45, 7) is 3.95. The predicted octanol–water partition coefficient (Wildman–Crippen LogP) is 1.39. The zero-order chi connectivity index (χ0) is 13.7. The Morgan fingerprint density at radius 3 is 2.67 bits per heavy atom. The van der Waals surface area contributed by atoms with Crippen molar-refractivity contribution in [2.24, 2.45) is 0 Å². The third kappa shape index (κ3) is 3.60. The first-order valence-corrected chi connectivity index (χ1v) is 6.78. The zero-order valence-electron chi connectivity index (χ0n) is 10.6. The Balaban J connectivity index is 3.18. The van der Waals surface area contributed by atoms with Gasteiger partial charge < -0.3 is 0 Å². The van der Waals surface area contributed by atoms with E-state index in [0.717, 1.165) is 5.56 Å². The Morgan fingerprint density at radius 1 is 1.50 bits per heavy atom. The zero-order valence-corrected chi connectivity index (χ0v) is 11.5. The minimum atomic E-state index is -2.47. The molecule has 1 unspecified atom stereocenters. The van der Waals surface area contributed by atoms with Gasteiger partial charge in [0.25, 0.3) is 0 Å². The van der Waals surface area contributed by atoms with Gasteiger partial charge in [0, 0.05) is 5.56 Å². The van der Waals surface area contributed by atoms with Crippen molar-refractivity contribution < 1.29 is 19.1 Å². The Hall–Kier alpha value is -1.29. The van der Waals surface area contributed by atoms with Crippen molar-refractivity contribution in [3.05, 3.63) is 29.3 Å². The molecular formula is C12H17NO4P+. The van der Waals surface area contributed by atoms with E-state index in [-0.39, 0.29) is 18.2 Å². The number of carbonyl (C=O) groups is 1. The quantitative estimate of drug-likeness (QED) is 0.626. The Morgan fingerprint density at radius 2 is 2.17 bits per heavy atom. The van der Waals surface area contributed by atoms with E-state index >= 15 is 0 Å². The Kier molecular flexibility index (Phi) is 5.41. The second kappa shape index (κ2) is 6.59. The lowest BCUT2D eigenvalue weighted by molar-refractivity contribution is -0.130. The fourth-order valence-corrected chi connectivity index (χ4v) is 2.47. The molecular weight excluding hydrogens is 253 g/mol. The van der Waals surface area contributed by atoms with E-state index in [2.05, 4.69) is 10.3 Å². The highest BCUT2D eigenvalue weighted by Crippen LogP contribution is 2.24. The largest absolute Gasteiger partial charge is 0.546 e. The summed E-state index contributed by atoms with van der Waals surface area (Å²) in [7, 11) is -1.12. The van der Waals surface area contributed by atoms with E-state index in [1.165, 1.54) is 7.11 Å². The van der Waals surface area contributed by atoms with Gasteiger partial charge in [0.2, 0.25) is 11.2 Å². The van der Waals surface area contributed by atoms with Crippen LogP contribution in [-0.2, 0) is 20.6 Å². The van der Waals surface area contributed by atoms with Crippen LogP contribution in [0.4, 0.5) is 0 Å². The molecule has 0 saturated carbocycles. The molecule has 0 aromatic heterocycles. The van der Waals surface area contributed by atoms with Gasteiger partial charge in [-0.2, -0.15) is 4.89 Å². The normalized spacial score (nSPS) is 11.5. The SMILES string of the molecule is CONC(=O)Cc1c(C(C)C)cccc1[P+](=O)O. The van der Waals surface area contributed by atoms with Gasteiger partial charge in [-0.1, -0.05) is 26.0 Å². The van der Waals surface area contributed by atoms with Gasteiger partial charge in [0.1, 0.15) is 0 Å². The summed E-state index contributed by atoms with van der Waals surface area (Å²) >= 11 is 0. The monoisotopic (exact) mass is 270 g/mol. The highest BCUT2D eigenvalue weighted by molar-refractivity contribution is 7.47. The molecule has 5 nitrogen and oxygen atoms in total. The first-order valence-electron chi connectivity index (χ1n) is 5.57. The lowest BCUT2D eigenvalue weighted by Crippen LogP contribution is -2.26. The summed E-state index contributed by atoms with van der Waals surface area (Å²) in [6.07, 6.45) is 0.0269. The van der Waals surface area contributed by atoms with Gasteiger partial charge in [-0.25, -0.2) is 5.48 Å². The maximum Gasteiger partial charge on any atom is 0.546 e. The molecule has 0 aliphatic rings. The number of amides is 1. The molecule has 6 heteroatoms. The van der Waals surface area contributed by atoms with Crippen LogP contribution < -0.4 is 10.8 Å². The second-order valence-electron chi connectivity index (χ2n) is 4.18. The average molecular weight is 270 g/mol. The van der Waals surface area contributed by atoms with E-state index in [1.54, 1.807) is 12.1 Å². The first-order chi connectivity index (χ1) is 8.47. The summed E-state index contributed by atoms with van der Waals surface area (Å²) in [5, 5.41) is 0.308. The van der Waals surface area contributed by atoms with Gasteiger partial charge in [-0.15, -0.1) is 0 Å². The van der Waals surface area contributed by atoms with Crippen LogP contribution in [0.5, 0.6) is 0 Å². The molecule has 98 valence electrons. The predicted molar refractivity (Wildman–Crippen MR) is 68.8 cm³/mol. The number of rotatable bonds is 5. The fourth-order valence-electron chi connectivity index (χ4n) is 1.82. The summed E-state index contributed by atoms with van der Waals surface area (Å²) in [5.74, 6) is -0.172. The second-order valence-corrected chi connectivity index (χ2v) is 5.21. The molecule has 1 aromatic carbocycles. The van der Waals surface area contributed by atoms with Crippen molar-refractivity contribution in [2.75, 3.05) is 7.11 Å². The van der Waals surface area contributed by atoms with Crippen LogP contribution in [0, 0.1) is 0 Å². The van der Waals surface area contributed by atoms with Gasteiger partial charge >= 0.3 is 8.03 Å². The number of carbonyl (C=O) groups excluding carboxylic acids is 1. The van der Waals surface area contributed by atoms with Gasteiger partial charge in [-0.3, -0.25) is 9.63 Å². The maximum atomic E-state index is 11.5. The van der Waals surface area contributed by atoms with Crippen molar-refractivity contribution >= 4 is 19.2 Å². The number of hydroxylamine groups is 1. The Labute approximate surface area is 107 Å². The van der Waals surface area contributed by atoms with E-state index in [4.69, 9.17) is 0 Å². The molecule has 0 saturated heterocycles. The third-order valence-corrected chi connectivity index (χ3v) is 3.40. The van der Waals surface area contributed by atoms with Crippen LogP contribution in [0.15, 0.2) is 18.2 Å². The summed E-state index contributed by atoms with van der Waals surface area (Å²) in [4.78, 5) is 25.4. The molecule has 2 N–H and O–H groups in total. The number of hydrogen-bond acceptors (Lipinski definition) is 3. The van der Waals surface area contributed by atoms with Crippen molar-refractivity contribution in [3.8, 4) is 0 Å². The molecule has 0 bridgehead atoms. The topological polar surface area (TPSA) is 75.6 Å². The molecule has 1 amide bonds.